The Morgan fingerprint density at radius 2 is 1.64 bits per heavy atom. The fourth-order valence-corrected chi connectivity index (χ4v) is 8.24. The molecule has 2 heterocycles. The van der Waals surface area contributed by atoms with E-state index in [-0.39, 0.29) is 22.0 Å². The van der Waals surface area contributed by atoms with Crippen LogP contribution in [-0.2, 0) is 21.0 Å². The molecule has 1 fully saturated rings. The first kappa shape index (κ1) is 31.1. The molecular formula is C33H50INO3Si. The van der Waals surface area contributed by atoms with Crippen LogP contribution in [0.2, 0.25) is 18.1 Å². The maximum Gasteiger partial charge on any atom is 0.192 e. The third kappa shape index (κ3) is 6.66. The number of rotatable bonds is 5. The summed E-state index contributed by atoms with van der Waals surface area (Å²) in [5.74, 6) is 0.292. The van der Waals surface area contributed by atoms with Crippen LogP contribution in [0, 0.1) is 8.99 Å². The van der Waals surface area contributed by atoms with E-state index in [2.05, 4.69) is 115 Å². The Hall–Kier alpha value is -0.803. The lowest BCUT2D eigenvalue weighted by Gasteiger charge is -2.45. The zero-order valence-corrected chi connectivity index (χ0v) is 29.0. The first-order chi connectivity index (χ1) is 17.9. The summed E-state index contributed by atoms with van der Waals surface area (Å²) in [6, 6.07) is 8.52. The van der Waals surface area contributed by atoms with Gasteiger partial charge < -0.3 is 14.3 Å². The van der Waals surface area contributed by atoms with Gasteiger partial charge in [-0.15, -0.1) is 0 Å². The molecule has 4 rings (SSSR count). The molecule has 6 heteroatoms. The molecule has 0 bridgehead atoms. The van der Waals surface area contributed by atoms with E-state index in [9.17, 15) is 5.11 Å². The van der Waals surface area contributed by atoms with Gasteiger partial charge in [-0.2, -0.15) is 0 Å². The van der Waals surface area contributed by atoms with Gasteiger partial charge in [-0.05, 0) is 88.4 Å². The normalized spacial score (nSPS) is 21.5. The number of benzene rings is 1. The molecule has 2 aromatic rings. The van der Waals surface area contributed by atoms with Gasteiger partial charge in [0.05, 0.1) is 11.8 Å². The van der Waals surface area contributed by atoms with Gasteiger partial charge in [0, 0.05) is 39.5 Å². The lowest BCUT2D eigenvalue weighted by Crippen LogP contribution is -2.44. The molecule has 1 N–H and O–H groups in total. The molecule has 1 aromatic heterocycles. The number of hydrogen-bond donors (Lipinski definition) is 1. The molecule has 4 nitrogen and oxygen atoms in total. The van der Waals surface area contributed by atoms with Crippen molar-refractivity contribution in [3.8, 4) is 0 Å². The van der Waals surface area contributed by atoms with Crippen molar-refractivity contribution >= 4 is 30.9 Å². The lowest BCUT2D eigenvalue weighted by atomic mass is 9.74. The molecule has 0 amide bonds. The largest absolute Gasteiger partial charge is 0.410 e. The minimum absolute atomic E-state index is 0.0120. The quantitative estimate of drug-likeness (QED) is 0.256. The number of pyridine rings is 1. The van der Waals surface area contributed by atoms with Crippen LogP contribution in [0.5, 0.6) is 0 Å². The Kier molecular flexibility index (Phi) is 8.88. The Labute approximate surface area is 252 Å². The predicted octanol–water partition coefficient (Wildman–Crippen LogP) is 8.99. The van der Waals surface area contributed by atoms with E-state index < -0.39 is 14.4 Å². The van der Waals surface area contributed by atoms with Crippen LogP contribution >= 0.6 is 22.6 Å². The fraction of sp³-hybridized carbons (Fsp3) is 0.667. The van der Waals surface area contributed by atoms with Crippen molar-refractivity contribution in [1.29, 1.82) is 0 Å². The van der Waals surface area contributed by atoms with E-state index in [1.54, 1.807) is 0 Å². The molecular weight excluding hydrogens is 613 g/mol. The summed E-state index contributed by atoms with van der Waals surface area (Å²) < 4.78 is 14.0. The second-order valence-electron chi connectivity index (χ2n) is 15.2. The van der Waals surface area contributed by atoms with E-state index in [1.165, 1.54) is 16.8 Å². The number of fused-ring (bicyclic) bond motifs is 1. The van der Waals surface area contributed by atoms with Crippen LogP contribution in [-0.4, -0.2) is 31.6 Å². The van der Waals surface area contributed by atoms with Gasteiger partial charge in [0.2, 0.25) is 0 Å². The van der Waals surface area contributed by atoms with Crippen molar-refractivity contribution in [3.63, 3.8) is 0 Å². The summed E-state index contributed by atoms with van der Waals surface area (Å²) >= 11 is 2.51. The summed E-state index contributed by atoms with van der Waals surface area (Å²) in [7, 11) is -2.04. The minimum atomic E-state index is -2.04. The SMILES string of the molecule is CC1(C)Cc2nc(C3CCOCC3)c([C@H](O)c3ccc(C(C)(C)C)cc3)c(I)c2C(O[Si](C)(C)C(C)(C)C)C1. The maximum absolute atomic E-state index is 12.0. The van der Waals surface area contributed by atoms with Gasteiger partial charge in [-0.1, -0.05) is 79.7 Å². The minimum Gasteiger partial charge on any atom is -0.410 e. The van der Waals surface area contributed by atoms with E-state index in [4.69, 9.17) is 14.1 Å². The molecule has 1 aliphatic heterocycles. The molecule has 1 unspecified atom stereocenters. The van der Waals surface area contributed by atoms with Crippen LogP contribution in [0.25, 0.3) is 0 Å². The van der Waals surface area contributed by atoms with Crippen molar-refractivity contribution in [2.45, 2.75) is 123 Å². The number of hydrogen-bond acceptors (Lipinski definition) is 4. The summed E-state index contributed by atoms with van der Waals surface area (Å²) in [6.45, 7) is 24.5. The van der Waals surface area contributed by atoms with E-state index in [1.807, 2.05) is 0 Å². The van der Waals surface area contributed by atoms with Gasteiger partial charge in [-0.25, -0.2) is 0 Å². The first-order valence-electron chi connectivity index (χ1n) is 14.7. The number of aliphatic hydroxyl groups excluding tert-OH is 1. The zero-order valence-electron chi connectivity index (χ0n) is 25.9. The molecule has 2 aliphatic rings. The third-order valence-corrected chi connectivity index (χ3v) is 14.9. The van der Waals surface area contributed by atoms with Crippen LogP contribution in [0.3, 0.4) is 0 Å². The summed E-state index contributed by atoms with van der Waals surface area (Å²) in [5.41, 5.74) is 6.80. The van der Waals surface area contributed by atoms with Gasteiger partial charge in [0.1, 0.15) is 6.10 Å². The third-order valence-electron chi connectivity index (χ3n) is 9.24. The van der Waals surface area contributed by atoms with Crippen molar-refractivity contribution in [1.82, 2.24) is 4.98 Å². The molecule has 1 aliphatic carbocycles. The lowest BCUT2D eigenvalue weighted by molar-refractivity contribution is 0.0827. The maximum atomic E-state index is 12.0. The summed E-state index contributed by atoms with van der Waals surface area (Å²) in [5, 5.41) is 12.1. The van der Waals surface area contributed by atoms with Crippen LogP contribution in [0.15, 0.2) is 24.3 Å². The highest BCUT2D eigenvalue weighted by atomic mass is 127. The van der Waals surface area contributed by atoms with Gasteiger partial charge >= 0.3 is 0 Å². The number of ether oxygens (including phenoxy) is 1. The van der Waals surface area contributed by atoms with Crippen LogP contribution < -0.4 is 0 Å². The number of nitrogens with zero attached hydrogens (tertiary/aromatic N) is 1. The highest BCUT2D eigenvalue weighted by molar-refractivity contribution is 14.1. The monoisotopic (exact) mass is 663 g/mol. The highest BCUT2D eigenvalue weighted by Gasteiger charge is 2.44. The predicted molar refractivity (Wildman–Crippen MR) is 172 cm³/mol. The van der Waals surface area contributed by atoms with E-state index >= 15 is 0 Å². The molecule has 0 radical (unpaired) electrons. The van der Waals surface area contributed by atoms with Crippen molar-refractivity contribution in [2.24, 2.45) is 5.41 Å². The number of aliphatic hydroxyl groups is 1. The van der Waals surface area contributed by atoms with Crippen LogP contribution in [0.1, 0.15) is 126 Å². The molecule has 1 saturated heterocycles. The average Bonchev–Trinajstić information content (AvgIpc) is 2.81. The Balaban J connectivity index is 1.88. The fourth-order valence-electron chi connectivity index (χ4n) is 5.75. The molecule has 216 valence electrons. The average molecular weight is 664 g/mol. The summed E-state index contributed by atoms with van der Waals surface area (Å²) in [4.78, 5) is 5.45. The van der Waals surface area contributed by atoms with Gasteiger partial charge in [0.15, 0.2) is 8.32 Å². The molecule has 2 atom stereocenters. The Morgan fingerprint density at radius 3 is 2.18 bits per heavy atom. The van der Waals surface area contributed by atoms with Crippen molar-refractivity contribution in [3.05, 3.63) is 61.5 Å². The highest BCUT2D eigenvalue weighted by Crippen LogP contribution is 2.50. The first-order valence-corrected chi connectivity index (χ1v) is 18.7. The molecule has 0 saturated carbocycles. The van der Waals surface area contributed by atoms with Crippen molar-refractivity contribution < 1.29 is 14.3 Å². The second-order valence-corrected chi connectivity index (χ2v) is 21.0. The van der Waals surface area contributed by atoms with Gasteiger partial charge in [-0.3, -0.25) is 4.98 Å². The standard InChI is InChI=1S/C33H50INO3Si/c1-31(2,3)23-13-11-22(12-14-23)30(36)27-28(34)26-24(35-29(27)21-15-17-37-18-16-21)19-33(7,8)20-25(26)38-39(9,10)32(4,5)6/h11-14,21,25,30,36H,15-20H2,1-10H3/t25?,30-/m1/s1. The smallest absolute Gasteiger partial charge is 0.192 e. The second kappa shape index (κ2) is 11.1. The number of aromatic nitrogens is 1. The van der Waals surface area contributed by atoms with E-state index in [0.717, 1.165) is 59.3 Å². The topological polar surface area (TPSA) is 51.6 Å². The number of halogens is 1. The van der Waals surface area contributed by atoms with Gasteiger partial charge in [0.25, 0.3) is 0 Å². The Bertz CT molecular complexity index is 1170. The Morgan fingerprint density at radius 1 is 1.05 bits per heavy atom. The molecule has 0 spiro atoms. The van der Waals surface area contributed by atoms with Crippen molar-refractivity contribution in [2.75, 3.05) is 13.2 Å². The van der Waals surface area contributed by atoms with E-state index in [0.29, 0.717) is 5.92 Å². The molecule has 39 heavy (non-hydrogen) atoms. The summed E-state index contributed by atoms with van der Waals surface area (Å²) in [6.07, 6.45) is 3.04. The molecule has 1 aromatic carbocycles. The van der Waals surface area contributed by atoms with Crippen LogP contribution in [0.4, 0.5) is 0 Å². The zero-order chi connectivity index (χ0) is 29.0.